The summed E-state index contributed by atoms with van der Waals surface area (Å²) in [6.07, 6.45) is 3.38. The molecule has 0 radical (unpaired) electrons. The SMILES string of the molecule is Cc1c(C(N)C(=O)O)sc2c1CCC2. The normalized spacial score (nSPS) is 16.7. The topological polar surface area (TPSA) is 63.3 Å². The van der Waals surface area contributed by atoms with Gasteiger partial charge in [-0.15, -0.1) is 11.3 Å². The highest BCUT2D eigenvalue weighted by Crippen LogP contribution is 2.37. The third kappa shape index (κ3) is 1.35. The minimum atomic E-state index is -0.937. The van der Waals surface area contributed by atoms with E-state index in [1.165, 1.54) is 16.9 Å². The number of hydrogen-bond donors (Lipinski definition) is 2. The van der Waals surface area contributed by atoms with Gasteiger partial charge in [0.25, 0.3) is 0 Å². The number of carboxylic acids is 1. The molecule has 1 aromatic rings. The highest BCUT2D eigenvalue weighted by Gasteiger charge is 2.25. The third-order valence-electron chi connectivity index (χ3n) is 2.77. The highest BCUT2D eigenvalue weighted by atomic mass is 32.1. The zero-order valence-electron chi connectivity index (χ0n) is 8.04. The molecule has 0 aromatic carbocycles. The van der Waals surface area contributed by atoms with E-state index in [2.05, 4.69) is 0 Å². The molecule has 0 aliphatic heterocycles. The first-order chi connectivity index (χ1) is 6.61. The lowest BCUT2D eigenvalue weighted by Gasteiger charge is -2.05. The first-order valence-electron chi connectivity index (χ1n) is 4.70. The number of carbonyl (C=O) groups is 1. The Hall–Kier alpha value is -0.870. The van der Waals surface area contributed by atoms with E-state index in [9.17, 15) is 4.79 Å². The van der Waals surface area contributed by atoms with Crippen LogP contribution in [0.1, 0.15) is 33.3 Å². The summed E-state index contributed by atoms with van der Waals surface area (Å²) >= 11 is 1.58. The molecule has 3 nitrogen and oxygen atoms in total. The number of nitrogens with two attached hydrogens (primary N) is 1. The number of aryl methyl sites for hydroxylation is 1. The smallest absolute Gasteiger partial charge is 0.325 e. The summed E-state index contributed by atoms with van der Waals surface area (Å²) in [7, 11) is 0. The van der Waals surface area contributed by atoms with E-state index in [-0.39, 0.29) is 0 Å². The zero-order valence-corrected chi connectivity index (χ0v) is 8.86. The van der Waals surface area contributed by atoms with Crippen LogP contribution in [-0.4, -0.2) is 11.1 Å². The molecule has 1 aliphatic rings. The van der Waals surface area contributed by atoms with Crippen LogP contribution < -0.4 is 5.73 Å². The number of fused-ring (bicyclic) bond motifs is 1. The van der Waals surface area contributed by atoms with Gasteiger partial charge in [0.1, 0.15) is 6.04 Å². The third-order valence-corrected chi connectivity index (χ3v) is 4.25. The summed E-state index contributed by atoms with van der Waals surface area (Å²) in [5.74, 6) is -0.937. The maximum Gasteiger partial charge on any atom is 0.325 e. The quantitative estimate of drug-likeness (QED) is 0.781. The van der Waals surface area contributed by atoms with Gasteiger partial charge in [0.05, 0.1) is 0 Å². The van der Waals surface area contributed by atoms with Crippen molar-refractivity contribution in [1.29, 1.82) is 0 Å². The molecule has 4 heteroatoms. The van der Waals surface area contributed by atoms with Crippen molar-refractivity contribution >= 4 is 17.3 Å². The summed E-state index contributed by atoms with van der Waals surface area (Å²) < 4.78 is 0. The van der Waals surface area contributed by atoms with Crippen LogP contribution in [0.25, 0.3) is 0 Å². The minimum Gasteiger partial charge on any atom is -0.480 e. The second-order valence-corrected chi connectivity index (χ2v) is 4.80. The average Bonchev–Trinajstić information content (AvgIpc) is 2.68. The van der Waals surface area contributed by atoms with Gasteiger partial charge in [-0.2, -0.15) is 0 Å². The lowest BCUT2D eigenvalue weighted by molar-refractivity contribution is -0.138. The van der Waals surface area contributed by atoms with Gasteiger partial charge in [-0.25, -0.2) is 0 Å². The lowest BCUT2D eigenvalue weighted by Crippen LogP contribution is -2.20. The molecule has 1 unspecified atom stereocenters. The standard InChI is InChI=1S/C10H13NO2S/c1-5-6-3-2-4-7(6)14-9(5)8(11)10(12)13/h8H,2-4,11H2,1H3,(H,12,13). The van der Waals surface area contributed by atoms with Gasteiger partial charge < -0.3 is 10.8 Å². The fourth-order valence-electron chi connectivity index (χ4n) is 1.99. The summed E-state index contributed by atoms with van der Waals surface area (Å²) in [6.45, 7) is 1.98. The van der Waals surface area contributed by atoms with E-state index in [1.54, 1.807) is 11.3 Å². The van der Waals surface area contributed by atoms with Gasteiger partial charge >= 0.3 is 5.97 Å². The second kappa shape index (κ2) is 3.37. The van der Waals surface area contributed by atoms with Crippen molar-refractivity contribution in [3.63, 3.8) is 0 Å². The van der Waals surface area contributed by atoms with Crippen molar-refractivity contribution in [1.82, 2.24) is 0 Å². The van der Waals surface area contributed by atoms with Crippen molar-refractivity contribution in [2.45, 2.75) is 32.2 Å². The predicted molar refractivity (Wildman–Crippen MR) is 55.6 cm³/mol. The van der Waals surface area contributed by atoms with Gasteiger partial charge in [-0.05, 0) is 37.3 Å². The van der Waals surface area contributed by atoms with Crippen LogP contribution in [0.2, 0.25) is 0 Å². The minimum absolute atomic E-state index is 0.835. The summed E-state index contributed by atoms with van der Waals surface area (Å²) in [5.41, 5.74) is 8.07. The van der Waals surface area contributed by atoms with Crippen molar-refractivity contribution < 1.29 is 9.90 Å². The van der Waals surface area contributed by atoms with Crippen LogP contribution in [0.3, 0.4) is 0 Å². The monoisotopic (exact) mass is 211 g/mol. The fraction of sp³-hybridized carbons (Fsp3) is 0.500. The summed E-state index contributed by atoms with van der Waals surface area (Å²) in [4.78, 5) is 12.9. The molecule has 0 saturated carbocycles. The Morgan fingerprint density at radius 2 is 2.29 bits per heavy atom. The van der Waals surface area contributed by atoms with Crippen LogP contribution in [-0.2, 0) is 17.6 Å². The van der Waals surface area contributed by atoms with E-state index in [1.807, 2.05) is 6.92 Å². The summed E-state index contributed by atoms with van der Waals surface area (Å²) in [6, 6.07) is -0.842. The number of aliphatic carboxylic acids is 1. The Morgan fingerprint density at radius 1 is 1.57 bits per heavy atom. The van der Waals surface area contributed by atoms with Crippen LogP contribution in [0.4, 0.5) is 0 Å². The van der Waals surface area contributed by atoms with Crippen LogP contribution in [0, 0.1) is 6.92 Å². The Balaban J connectivity index is 2.41. The fourth-order valence-corrected chi connectivity index (χ4v) is 3.39. The molecule has 1 aromatic heterocycles. The Morgan fingerprint density at radius 3 is 2.86 bits per heavy atom. The predicted octanol–water partition coefficient (Wildman–Crippen LogP) is 1.63. The van der Waals surface area contributed by atoms with Crippen molar-refractivity contribution in [2.24, 2.45) is 5.73 Å². The molecular weight excluding hydrogens is 198 g/mol. The van der Waals surface area contributed by atoms with Crippen molar-refractivity contribution in [3.05, 3.63) is 20.9 Å². The number of hydrogen-bond acceptors (Lipinski definition) is 3. The molecule has 1 heterocycles. The van der Waals surface area contributed by atoms with E-state index >= 15 is 0 Å². The molecule has 1 aliphatic carbocycles. The molecule has 0 amide bonds. The maximum absolute atomic E-state index is 10.8. The molecule has 76 valence electrons. The zero-order chi connectivity index (χ0) is 10.3. The van der Waals surface area contributed by atoms with Crippen LogP contribution in [0.5, 0.6) is 0 Å². The van der Waals surface area contributed by atoms with Gasteiger partial charge in [0, 0.05) is 9.75 Å². The van der Waals surface area contributed by atoms with Crippen molar-refractivity contribution in [3.8, 4) is 0 Å². The molecule has 0 fully saturated rings. The molecule has 0 spiro atoms. The maximum atomic E-state index is 10.8. The number of carboxylic acid groups (broad SMARTS) is 1. The molecule has 0 bridgehead atoms. The highest BCUT2D eigenvalue weighted by molar-refractivity contribution is 7.12. The molecule has 14 heavy (non-hydrogen) atoms. The molecule has 2 rings (SSSR count). The average molecular weight is 211 g/mol. The van der Waals surface area contributed by atoms with Crippen LogP contribution >= 0.6 is 11.3 Å². The van der Waals surface area contributed by atoms with Gasteiger partial charge in [-0.3, -0.25) is 4.79 Å². The van der Waals surface area contributed by atoms with E-state index < -0.39 is 12.0 Å². The second-order valence-electron chi connectivity index (χ2n) is 3.66. The first-order valence-corrected chi connectivity index (χ1v) is 5.52. The summed E-state index contributed by atoms with van der Waals surface area (Å²) in [5, 5.41) is 8.83. The Labute approximate surface area is 86.6 Å². The van der Waals surface area contributed by atoms with E-state index in [0.717, 1.165) is 23.3 Å². The molecule has 1 atom stereocenters. The molecule has 0 saturated heterocycles. The molecular formula is C10H13NO2S. The van der Waals surface area contributed by atoms with Crippen molar-refractivity contribution in [2.75, 3.05) is 0 Å². The van der Waals surface area contributed by atoms with E-state index in [0.29, 0.717) is 0 Å². The van der Waals surface area contributed by atoms with Gasteiger partial charge in [0.15, 0.2) is 0 Å². The lowest BCUT2D eigenvalue weighted by atomic mass is 10.1. The van der Waals surface area contributed by atoms with Crippen LogP contribution in [0.15, 0.2) is 0 Å². The molecule has 3 N–H and O–H groups in total. The first kappa shape index (κ1) is 9.68. The van der Waals surface area contributed by atoms with E-state index in [4.69, 9.17) is 10.8 Å². The van der Waals surface area contributed by atoms with Gasteiger partial charge in [0.2, 0.25) is 0 Å². The number of thiophene rings is 1. The largest absolute Gasteiger partial charge is 0.480 e. The number of rotatable bonds is 2. The Kier molecular flexibility index (Phi) is 2.33. The Bertz CT molecular complexity index is 384. The van der Waals surface area contributed by atoms with Gasteiger partial charge in [-0.1, -0.05) is 0 Å².